The Morgan fingerprint density at radius 1 is 1.15 bits per heavy atom. The van der Waals surface area contributed by atoms with Crippen molar-refractivity contribution in [2.24, 2.45) is 17.6 Å². The topological polar surface area (TPSA) is 26.0 Å². The molecule has 1 aromatic heterocycles. The summed E-state index contributed by atoms with van der Waals surface area (Å²) in [5.41, 5.74) is 10.3. The molecule has 2 atom stereocenters. The Labute approximate surface area is 125 Å². The first kappa shape index (κ1) is 13.6. The highest BCUT2D eigenvalue weighted by Gasteiger charge is 2.39. The Balaban J connectivity index is 2.20. The highest BCUT2D eigenvalue weighted by atomic mass is 32.1. The van der Waals surface area contributed by atoms with Gasteiger partial charge in [-0.05, 0) is 41.0 Å². The van der Waals surface area contributed by atoms with E-state index in [1.54, 1.807) is 11.3 Å². The molecule has 2 N–H and O–H groups in total. The highest BCUT2D eigenvalue weighted by Crippen LogP contribution is 2.46. The third-order valence-corrected chi connectivity index (χ3v) is 5.45. The molecule has 0 saturated heterocycles. The summed E-state index contributed by atoms with van der Waals surface area (Å²) in [6.07, 6.45) is 2.38. The molecule has 2 heteroatoms. The highest BCUT2D eigenvalue weighted by molar-refractivity contribution is 7.10. The average Bonchev–Trinajstić information content (AvgIpc) is 2.90. The summed E-state index contributed by atoms with van der Waals surface area (Å²) in [5, 5.41) is 2.16. The van der Waals surface area contributed by atoms with E-state index in [2.05, 4.69) is 68.6 Å². The lowest BCUT2D eigenvalue weighted by Crippen LogP contribution is -2.44. The number of hydrogen-bond donors (Lipinski definition) is 1. The maximum absolute atomic E-state index is 6.69. The van der Waals surface area contributed by atoms with E-state index in [1.165, 1.54) is 21.6 Å². The molecular formula is C18H21NS. The quantitative estimate of drug-likeness (QED) is 0.853. The summed E-state index contributed by atoms with van der Waals surface area (Å²) in [7, 11) is 0. The van der Waals surface area contributed by atoms with Gasteiger partial charge < -0.3 is 5.73 Å². The molecule has 3 rings (SSSR count). The zero-order valence-electron chi connectivity index (χ0n) is 12.3. The number of thiophene rings is 1. The average molecular weight is 283 g/mol. The van der Waals surface area contributed by atoms with Gasteiger partial charge in [-0.15, -0.1) is 11.3 Å². The monoisotopic (exact) mass is 283 g/mol. The van der Waals surface area contributed by atoms with Crippen molar-refractivity contribution < 1.29 is 0 Å². The number of fused-ring (bicyclic) bond motifs is 1. The van der Waals surface area contributed by atoms with E-state index >= 15 is 0 Å². The molecule has 0 amide bonds. The summed E-state index contributed by atoms with van der Waals surface area (Å²) in [6.45, 7) is 6.69. The van der Waals surface area contributed by atoms with Crippen LogP contribution >= 0.6 is 11.3 Å². The van der Waals surface area contributed by atoms with Crippen molar-refractivity contribution in [1.82, 2.24) is 0 Å². The molecule has 1 aromatic carbocycles. The van der Waals surface area contributed by atoms with Gasteiger partial charge in [-0.25, -0.2) is 0 Å². The van der Waals surface area contributed by atoms with Gasteiger partial charge in [0.1, 0.15) is 0 Å². The van der Waals surface area contributed by atoms with E-state index in [0.29, 0.717) is 11.8 Å². The fourth-order valence-electron chi connectivity index (χ4n) is 3.29. The third kappa shape index (κ3) is 2.04. The van der Waals surface area contributed by atoms with Gasteiger partial charge in [0.2, 0.25) is 0 Å². The second-order valence-electron chi connectivity index (χ2n) is 6.16. The third-order valence-electron chi connectivity index (χ3n) is 4.29. The van der Waals surface area contributed by atoms with E-state index in [1.807, 2.05) is 0 Å². The van der Waals surface area contributed by atoms with Crippen LogP contribution in [0.5, 0.6) is 0 Å². The molecule has 0 aliphatic heterocycles. The largest absolute Gasteiger partial charge is 0.320 e. The first-order chi connectivity index (χ1) is 9.51. The first-order valence-corrected chi connectivity index (χ1v) is 8.04. The predicted octanol–water partition coefficient (Wildman–Crippen LogP) is 4.64. The Morgan fingerprint density at radius 2 is 1.85 bits per heavy atom. The number of hydrogen-bond acceptors (Lipinski definition) is 2. The number of nitrogens with two attached hydrogens (primary N) is 1. The van der Waals surface area contributed by atoms with E-state index in [0.717, 1.165) is 0 Å². The van der Waals surface area contributed by atoms with Gasteiger partial charge in [0.15, 0.2) is 0 Å². The smallest absolute Gasteiger partial charge is 0.0547 e. The molecule has 0 bridgehead atoms. The normalized spacial score (nSPS) is 25.4. The van der Waals surface area contributed by atoms with Crippen LogP contribution < -0.4 is 5.73 Å². The molecule has 1 aliphatic carbocycles. The molecule has 0 radical (unpaired) electrons. The van der Waals surface area contributed by atoms with Crippen molar-refractivity contribution in [2.45, 2.75) is 26.3 Å². The fraction of sp³-hybridized carbons (Fsp3) is 0.333. The molecule has 1 nitrogen and oxygen atoms in total. The first-order valence-electron chi connectivity index (χ1n) is 7.16. The molecule has 104 valence electrons. The summed E-state index contributed by atoms with van der Waals surface area (Å²) in [4.78, 5) is 1.32. The van der Waals surface area contributed by atoms with Gasteiger partial charge in [-0.1, -0.05) is 50.3 Å². The molecule has 1 unspecified atom stereocenters. The van der Waals surface area contributed by atoms with Gasteiger partial charge in [-0.3, -0.25) is 0 Å². The molecule has 2 aromatic rings. The van der Waals surface area contributed by atoms with Crippen LogP contribution in [0.1, 0.15) is 36.8 Å². The van der Waals surface area contributed by atoms with Crippen LogP contribution in [-0.2, 0) is 5.54 Å². The maximum Gasteiger partial charge on any atom is 0.0547 e. The SMILES string of the molecule is CC(C)C1C=C(c2ccccc2)c2ccsc2[C@]1(C)N. The van der Waals surface area contributed by atoms with Crippen LogP contribution in [0.4, 0.5) is 0 Å². The Bertz CT molecular complexity index is 634. The minimum absolute atomic E-state index is 0.268. The van der Waals surface area contributed by atoms with Crippen LogP contribution in [0.25, 0.3) is 5.57 Å². The lowest BCUT2D eigenvalue weighted by atomic mass is 9.71. The van der Waals surface area contributed by atoms with Gasteiger partial charge in [0.05, 0.1) is 5.54 Å². The maximum atomic E-state index is 6.69. The van der Waals surface area contributed by atoms with Gasteiger partial charge >= 0.3 is 0 Å². The van der Waals surface area contributed by atoms with Gasteiger partial charge in [0.25, 0.3) is 0 Å². The van der Waals surface area contributed by atoms with Crippen molar-refractivity contribution in [1.29, 1.82) is 0 Å². The van der Waals surface area contributed by atoms with E-state index < -0.39 is 0 Å². The molecular weight excluding hydrogens is 262 g/mol. The van der Waals surface area contributed by atoms with Crippen molar-refractivity contribution in [3.63, 3.8) is 0 Å². The Hall–Kier alpha value is -1.38. The van der Waals surface area contributed by atoms with Crippen molar-refractivity contribution >= 4 is 16.9 Å². The fourth-order valence-corrected chi connectivity index (χ4v) is 4.32. The number of rotatable bonds is 2. The van der Waals surface area contributed by atoms with Crippen LogP contribution in [0.3, 0.4) is 0 Å². The lowest BCUT2D eigenvalue weighted by molar-refractivity contribution is 0.285. The minimum atomic E-state index is -0.268. The van der Waals surface area contributed by atoms with E-state index in [9.17, 15) is 0 Å². The Morgan fingerprint density at radius 3 is 2.50 bits per heavy atom. The van der Waals surface area contributed by atoms with E-state index in [-0.39, 0.29) is 5.54 Å². The Kier molecular flexibility index (Phi) is 3.31. The van der Waals surface area contributed by atoms with Crippen LogP contribution in [-0.4, -0.2) is 0 Å². The second-order valence-corrected chi connectivity index (χ2v) is 7.08. The molecule has 0 fully saturated rings. The lowest BCUT2D eigenvalue weighted by Gasteiger charge is -2.39. The van der Waals surface area contributed by atoms with Crippen LogP contribution in [0, 0.1) is 11.8 Å². The van der Waals surface area contributed by atoms with Crippen molar-refractivity contribution in [3.05, 3.63) is 63.9 Å². The van der Waals surface area contributed by atoms with Crippen molar-refractivity contribution in [2.75, 3.05) is 0 Å². The summed E-state index contributed by atoms with van der Waals surface area (Å²) < 4.78 is 0. The van der Waals surface area contributed by atoms with Crippen LogP contribution in [0.15, 0.2) is 47.9 Å². The standard InChI is InChI=1S/C18H21NS/c1-12(2)16-11-15(13-7-5-4-6-8-13)14-9-10-20-17(14)18(16,3)19/h4-12,16H,19H2,1-3H3/t16?,18-/m1/s1. The zero-order chi connectivity index (χ0) is 14.3. The zero-order valence-corrected chi connectivity index (χ0v) is 13.1. The minimum Gasteiger partial charge on any atom is -0.320 e. The van der Waals surface area contributed by atoms with Crippen LogP contribution in [0.2, 0.25) is 0 Å². The van der Waals surface area contributed by atoms with Crippen molar-refractivity contribution in [3.8, 4) is 0 Å². The molecule has 0 spiro atoms. The van der Waals surface area contributed by atoms with E-state index in [4.69, 9.17) is 5.73 Å². The second kappa shape index (κ2) is 4.87. The van der Waals surface area contributed by atoms with Gasteiger partial charge in [-0.2, -0.15) is 0 Å². The predicted molar refractivity (Wildman–Crippen MR) is 87.7 cm³/mol. The number of benzene rings is 1. The summed E-state index contributed by atoms with van der Waals surface area (Å²) >= 11 is 1.79. The molecule has 1 heterocycles. The molecule has 0 saturated carbocycles. The van der Waals surface area contributed by atoms with Gasteiger partial charge in [0, 0.05) is 10.8 Å². The molecule has 1 aliphatic rings. The summed E-state index contributed by atoms with van der Waals surface area (Å²) in [5.74, 6) is 0.891. The summed E-state index contributed by atoms with van der Waals surface area (Å²) in [6, 6.07) is 12.8. The molecule has 20 heavy (non-hydrogen) atoms.